The van der Waals surface area contributed by atoms with Crippen LogP contribution in [0, 0.1) is 0 Å². The Bertz CT molecular complexity index is 860. The molecule has 0 aromatic heterocycles. The minimum atomic E-state index is -0.717. The highest BCUT2D eigenvalue weighted by Gasteiger charge is 2.19. The van der Waals surface area contributed by atoms with Crippen molar-refractivity contribution in [2.75, 3.05) is 19.8 Å². The van der Waals surface area contributed by atoms with Crippen LogP contribution in [-0.2, 0) is 11.2 Å². The van der Waals surface area contributed by atoms with Crippen molar-refractivity contribution >= 4 is 23.5 Å². The fourth-order valence-electron chi connectivity index (χ4n) is 3.02. The molecule has 2 aromatic carbocycles. The number of hydrogen-bond acceptors (Lipinski definition) is 4. The van der Waals surface area contributed by atoms with Crippen LogP contribution in [0.15, 0.2) is 42.5 Å². The second kappa shape index (κ2) is 11.9. The summed E-state index contributed by atoms with van der Waals surface area (Å²) in [5.41, 5.74) is 6.91. The predicted octanol–water partition coefficient (Wildman–Crippen LogP) is 3.60. The Morgan fingerprint density at radius 2 is 1.77 bits per heavy atom. The molecule has 3 amide bonds. The first kappa shape index (κ1) is 23.3. The SMILES string of the molecule is CCOc1ccc(CCNC(=O)CC(NC(N)=O)c2ccccc2Cl)cc1OCC. The van der Waals surface area contributed by atoms with Crippen LogP contribution in [0.4, 0.5) is 4.79 Å². The van der Waals surface area contributed by atoms with Gasteiger partial charge in [-0.15, -0.1) is 0 Å². The number of halogens is 1. The topological polar surface area (TPSA) is 103 Å². The molecule has 0 heterocycles. The molecule has 0 aliphatic carbocycles. The molecule has 7 nitrogen and oxygen atoms in total. The molecule has 0 aliphatic rings. The highest BCUT2D eigenvalue weighted by Crippen LogP contribution is 2.29. The van der Waals surface area contributed by atoms with Crippen molar-refractivity contribution in [3.63, 3.8) is 0 Å². The van der Waals surface area contributed by atoms with Crippen molar-refractivity contribution in [2.45, 2.75) is 32.7 Å². The summed E-state index contributed by atoms with van der Waals surface area (Å²) in [5.74, 6) is 1.17. The average molecular weight is 434 g/mol. The highest BCUT2D eigenvalue weighted by atomic mass is 35.5. The Morgan fingerprint density at radius 1 is 1.07 bits per heavy atom. The van der Waals surface area contributed by atoms with E-state index >= 15 is 0 Å². The van der Waals surface area contributed by atoms with Gasteiger partial charge in [0.05, 0.1) is 25.7 Å². The van der Waals surface area contributed by atoms with Crippen molar-refractivity contribution in [3.05, 3.63) is 58.6 Å². The molecule has 0 saturated carbocycles. The van der Waals surface area contributed by atoms with E-state index in [4.69, 9.17) is 26.8 Å². The lowest BCUT2D eigenvalue weighted by molar-refractivity contribution is -0.121. The summed E-state index contributed by atoms with van der Waals surface area (Å²) < 4.78 is 11.2. The first-order valence-corrected chi connectivity index (χ1v) is 10.3. The molecule has 0 radical (unpaired) electrons. The number of carbonyl (C=O) groups excluding carboxylic acids is 2. The number of urea groups is 1. The Morgan fingerprint density at radius 3 is 2.43 bits per heavy atom. The summed E-state index contributed by atoms with van der Waals surface area (Å²) in [6, 6.07) is 11.4. The second-order valence-electron chi connectivity index (χ2n) is 6.53. The van der Waals surface area contributed by atoms with Gasteiger partial charge in [-0.2, -0.15) is 0 Å². The standard InChI is InChI=1S/C22H28ClN3O4/c1-3-29-19-10-9-15(13-20(19)30-4-2)11-12-25-21(27)14-18(26-22(24)28)16-7-5-6-8-17(16)23/h5-10,13,18H,3-4,11-12,14H2,1-2H3,(H,25,27)(H3,24,26,28). The van der Waals surface area contributed by atoms with Gasteiger partial charge in [-0.3, -0.25) is 4.79 Å². The summed E-state index contributed by atoms with van der Waals surface area (Å²) in [6.07, 6.45) is 0.651. The number of amides is 3. The highest BCUT2D eigenvalue weighted by molar-refractivity contribution is 6.31. The van der Waals surface area contributed by atoms with Gasteiger partial charge in [-0.05, 0) is 49.6 Å². The lowest BCUT2D eigenvalue weighted by atomic mass is 10.0. The zero-order valence-electron chi connectivity index (χ0n) is 17.2. The maximum Gasteiger partial charge on any atom is 0.312 e. The molecule has 4 N–H and O–H groups in total. The van der Waals surface area contributed by atoms with Crippen molar-refractivity contribution < 1.29 is 19.1 Å². The molecular formula is C22H28ClN3O4. The normalized spacial score (nSPS) is 11.4. The van der Waals surface area contributed by atoms with E-state index in [1.54, 1.807) is 24.3 Å². The van der Waals surface area contributed by atoms with Crippen molar-refractivity contribution in [1.82, 2.24) is 10.6 Å². The number of benzene rings is 2. The Hall–Kier alpha value is -2.93. The third-order valence-electron chi connectivity index (χ3n) is 4.33. The monoisotopic (exact) mass is 433 g/mol. The zero-order valence-corrected chi connectivity index (χ0v) is 18.0. The lowest BCUT2D eigenvalue weighted by Gasteiger charge is -2.19. The van der Waals surface area contributed by atoms with Crippen LogP contribution in [0.5, 0.6) is 11.5 Å². The molecule has 2 rings (SSSR count). The third-order valence-corrected chi connectivity index (χ3v) is 4.67. The van der Waals surface area contributed by atoms with E-state index in [1.165, 1.54) is 0 Å². The molecule has 2 aromatic rings. The third kappa shape index (κ3) is 7.15. The van der Waals surface area contributed by atoms with Crippen molar-refractivity contribution in [3.8, 4) is 11.5 Å². The van der Waals surface area contributed by atoms with Crippen LogP contribution in [0.1, 0.15) is 37.4 Å². The number of carbonyl (C=O) groups is 2. The van der Waals surface area contributed by atoms with Crippen LogP contribution in [0.25, 0.3) is 0 Å². The fourth-order valence-corrected chi connectivity index (χ4v) is 3.29. The van der Waals surface area contributed by atoms with Gasteiger partial charge in [0.25, 0.3) is 0 Å². The van der Waals surface area contributed by atoms with E-state index < -0.39 is 12.1 Å². The lowest BCUT2D eigenvalue weighted by Crippen LogP contribution is -2.37. The van der Waals surface area contributed by atoms with Gasteiger partial charge in [0.2, 0.25) is 5.91 Å². The molecule has 0 fully saturated rings. The Balaban J connectivity index is 1.95. The van der Waals surface area contributed by atoms with Gasteiger partial charge >= 0.3 is 6.03 Å². The maximum atomic E-state index is 12.4. The van der Waals surface area contributed by atoms with E-state index in [1.807, 2.05) is 32.0 Å². The molecule has 0 spiro atoms. The number of hydrogen-bond donors (Lipinski definition) is 3. The molecule has 8 heteroatoms. The Kier molecular flexibility index (Phi) is 9.28. The first-order valence-electron chi connectivity index (χ1n) is 9.90. The van der Waals surface area contributed by atoms with E-state index in [0.29, 0.717) is 48.3 Å². The van der Waals surface area contributed by atoms with Crippen LogP contribution in [0.2, 0.25) is 5.02 Å². The predicted molar refractivity (Wildman–Crippen MR) is 117 cm³/mol. The van der Waals surface area contributed by atoms with Crippen molar-refractivity contribution in [2.24, 2.45) is 5.73 Å². The molecule has 1 atom stereocenters. The van der Waals surface area contributed by atoms with E-state index in [9.17, 15) is 9.59 Å². The first-order chi connectivity index (χ1) is 14.4. The van der Waals surface area contributed by atoms with Gasteiger partial charge in [-0.25, -0.2) is 4.79 Å². The number of nitrogens with one attached hydrogen (secondary N) is 2. The van der Waals surface area contributed by atoms with Gasteiger partial charge in [0.15, 0.2) is 11.5 Å². The molecule has 0 bridgehead atoms. The molecule has 30 heavy (non-hydrogen) atoms. The molecular weight excluding hydrogens is 406 g/mol. The number of rotatable bonds is 11. The Labute approximate surface area is 181 Å². The van der Waals surface area contributed by atoms with E-state index in [0.717, 1.165) is 5.56 Å². The summed E-state index contributed by atoms with van der Waals surface area (Å²) in [7, 11) is 0. The van der Waals surface area contributed by atoms with E-state index in [2.05, 4.69) is 10.6 Å². The number of nitrogens with two attached hydrogens (primary N) is 1. The maximum absolute atomic E-state index is 12.4. The second-order valence-corrected chi connectivity index (χ2v) is 6.94. The van der Waals surface area contributed by atoms with E-state index in [-0.39, 0.29) is 12.3 Å². The van der Waals surface area contributed by atoms with Gasteiger partial charge in [-0.1, -0.05) is 35.9 Å². The van der Waals surface area contributed by atoms with Crippen LogP contribution >= 0.6 is 11.6 Å². The minimum absolute atomic E-state index is 0.0279. The molecule has 162 valence electrons. The van der Waals surface area contributed by atoms with Crippen LogP contribution < -0.4 is 25.8 Å². The van der Waals surface area contributed by atoms with Gasteiger partial charge in [0.1, 0.15) is 0 Å². The summed E-state index contributed by atoms with van der Waals surface area (Å²) in [4.78, 5) is 23.8. The number of ether oxygens (including phenoxy) is 2. The zero-order chi connectivity index (χ0) is 21.9. The summed E-state index contributed by atoms with van der Waals surface area (Å²) in [5, 5.41) is 5.91. The fraction of sp³-hybridized carbons (Fsp3) is 0.364. The van der Waals surface area contributed by atoms with Gasteiger partial charge in [0, 0.05) is 11.6 Å². The smallest absolute Gasteiger partial charge is 0.312 e. The quantitative estimate of drug-likeness (QED) is 0.503. The molecule has 1 unspecified atom stereocenters. The average Bonchev–Trinajstić information content (AvgIpc) is 2.70. The number of primary amides is 1. The minimum Gasteiger partial charge on any atom is -0.490 e. The molecule has 0 saturated heterocycles. The van der Waals surface area contributed by atoms with Crippen LogP contribution in [0.3, 0.4) is 0 Å². The summed E-state index contributed by atoms with van der Waals surface area (Å²) >= 11 is 6.20. The van der Waals surface area contributed by atoms with Crippen molar-refractivity contribution in [1.29, 1.82) is 0 Å². The summed E-state index contributed by atoms with van der Waals surface area (Å²) in [6.45, 7) is 5.36. The van der Waals surface area contributed by atoms with Gasteiger partial charge < -0.3 is 25.8 Å². The van der Waals surface area contributed by atoms with Crippen LogP contribution in [-0.4, -0.2) is 31.7 Å². The molecule has 0 aliphatic heterocycles. The largest absolute Gasteiger partial charge is 0.490 e.